The molecule has 0 saturated carbocycles. The highest BCUT2D eigenvalue weighted by atomic mass is 16.5. The van der Waals surface area contributed by atoms with Gasteiger partial charge in [-0.25, -0.2) is 0 Å². The summed E-state index contributed by atoms with van der Waals surface area (Å²) in [6.07, 6.45) is 0. The highest BCUT2D eigenvalue weighted by Gasteiger charge is 2.25. The summed E-state index contributed by atoms with van der Waals surface area (Å²) < 4.78 is 9.93. The monoisotopic (exact) mass is 233 g/mol. The van der Waals surface area contributed by atoms with Crippen LogP contribution in [-0.2, 0) is 14.3 Å². The third-order valence-corrected chi connectivity index (χ3v) is 2.23. The van der Waals surface area contributed by atoms with Crippen molar-refractivity contribution < 1.29 is 19.4 Å². The molecule has 0 aliphatic heterocycles. The van der Waals surface area contributed by atoms with E-state index in [1.807, 2.05) is 4.90 Å². The first-order chi connectivity index (χ1) is 7.52. The van der Waals surface area contributed by atoms with Crippen molar-refractivity contribution in [3.63, 3.8) is 0 Å². The van der Waals surface area contributed by atoms with E-state index in [4.69, 9.17) is 14.6 Å². The Balaban J connectivity index is 4.46. The van der Waals surface area contributed by atoms with Gasteiger partial charge in [0.25, 0.3) is 0 Å². The van der Waals surface area contributed by atoms with Crippen LogP contribution in [0.2, 0.25) is 0 Å². The molecule has 0 spiro atoms. The van der Waals surface area contributed by atoms with Crippen molar-refractivity contribution in [1.29, 1.82) is 0 Å². The normalized spacial score (nSPS) is 13.4. The average Bonchev–Trinajstić information content (AvgIpc) is 2.20. The standard InChI is InChI=1S/C11H23NO4/c1-9(2)7-12(5-6-15-3)10(8-16-4)11(13)14/h9-10H,5-8H2,1-4H3,(H,13,14). The van der Waals surface area contributed by atoms with Crippen molar-refractivity contribution in [2.24, 2.45) is 5.92 Å². The molecular weight excluding hydrogens is 210 g/mol. The molecule has 0 saturated heterocycles. The zero-order valence-electron chi connectivity index (χ0n) is 10.6. The number of hydrogen-bond donors (Lipinski definition) is 1. The molecule has 0 aliphatic rings. The Labute approximate surface area is 97.3 Å². The van der Waals surface area contributed by atoms with Gasteiger partial charge in [-0.2, -0.15) is 0 Å². The molecule has 96 valence electrons. The van der Waals surface area contributed by atoms with Crippen LogP contribution in [0.25, 0.3) is 0 Å². The number of carbonyl (C=O) groups is 1. The van der Waals surface area contributed by atoms with Crippen molar-refractivity contribution in [2.45, 2.75) is 19.9 Å². The maximum absolute atomic E-state index is 11.1. The lowest BCUT2D eigenvalue weighted by molar-refractivity contribution is -0.145. The first kappa shape index (κ1) is 15.3. The number of carboxylic acids is 1. The largest absolute Gasteiger partial charge is 0.480 e. The number of hydrogen-bond acceptors (Lipinski definition) is 4. The molecule has 0 aliphatic carbocycles. The predicted octanol–water partition coefficient (Wildman–Crippen LogP) is 0.690. The van der Waals surface area contributed by atoms with Gasteiger partial charge >= 0.3 is 5.97 Å². The van der Waals surface area contributed by atoms with Gasteiger partial charge in [-0.05, 0) is 5.92 Å². The molecule has 1 N–H and O–H groups in total. The number of carboxylic acid groups (broad SMARTS) is 1. The fourth-order valence-corrected chi connectivity index (χ4v) is 1.54. The van der Waals surface area contributed by atoms with Crippen LogP contribution in [0.4, 0.5) is 0 Å². The van der Waals surface area contributed by atoms with Gasteiger partial charge in [0.05, 0.1) is 13.2 Å². The smallest absolute Gasteiger partial charge is 0.323 e. The third kappa shape index (κ3) is 6.05. The molecule has 0 aromatic heterocycles. The molecule has 5 nitrogen and oxygen atoms in total. The fourth-order valence-electron chi connectivity index (χ4n) is 1.54. The number of ether oxygens (including phenoxy) is 2. The molecule has 1 atom stereocenters. The van der Waals surface area contributed by atoms with Crippen LogP contribution in [0, 0.1) is 5.92 Å². The van der Waals surface area contributed by atoms with E-state index in [2.05, 4.69) is 13.8 Å². The SMILES string of the molecule is COCCN(CC(C)C)C(COC)C(=O)O. The maximum atomic E-state index is 11.1. The van der Waals surface area contributed by atoms with Crippen LogP contribution in [0.1, 0.15) is 13.8 Å². The van der Waals surface area contributed by atoms with Crippen molar-refractivity contribution >= 4 is 5.97 Å². The summed E-state index contributed by atoms with van der Waals surface area (Å²) in [5.74, 6) is -0.436. The summed E-state index contributed by atoms with van der Waals surface area (Å²) in [7, 11) is 3.12. The van der Waals surface area contributed by atoms with Gasteiger partial charge in [0.2, 0.25) is 0 Å². The van der Waals surface area contributed by atoms with Crippen molar-refractivity contribution in [3.05, 3.63) is 0 Å². The van der Waals surface area contributed by atoms with E-state index in [1.54, 1.807) is 7.11 Å². The van der Waals surface area contributed by atoms with E-state index in [1.165, 1.54) is 7.11 Å². The zero-order valence-corrected chi connectivity index (χ0v) is 10.6. The Morgan fingerprint density at radius 3 is 2.31 bits per heavy atom. The number of methoxy groups -OCH3 is 2. The van der Waals surface area contributed by atoms with Gasteiger partial charge in [0.1, 0.15) is 6.04 Å². The molecular formula is C11H23NO4. The van der Waals surface area contributed by atoms with Crippen LogP contribution in [-0.4, -0.2) is 62.5 Å². The summed E-state index contributed by atoms with van der Waals surface area (Å²) >= 11 is 0. The van der Waals surface area contributed by atoms with E-state index < -0.39 is 12.0 Å². The highest BCUT2D eigenvalue weighted by molar-refractivity contribution is 5.73. The molecule has 0 fully saturated rings. The Hall–Kier alpha value is -0.650. The Morgan fingerprint density at radius 2 is 1.94 bits per heavy atom. The maximum Gasteiger partial charge on any atom is 0.323 e. The third-order valence-electron chi connectivity index (χ3n) is 2.23. The molecule has 0 amide bonds. The van der Waals surface area contributed by atoms with Gasteiger partial charge in [-0.3, -0.25) is 9.69 Å². The zero-order chi connectivity index (χ0) is 12.6. The molecule has 5 heteroatoms. The Kier molecular flexibility index (Phi) is 8.15. The van der Waals surface area contributed by atoms with Crippen molar-refractivity contribution in [2.75, 3.05) is 40.5 Å². The predicted molar refractivity (Wildman–Crippen MR) is 61.6 cm³/mol. The van der Waals surface area contributed by atoms with Gasteiger partial charge in [0.15, 0.2) is 0 Å². The quantitative estimate of drug-likeness (QED) is 0.635. The number of rotatable bonds is 9. The molecule has 0 rings (SSSR count). The van der Waals surface area contributed by atoms with Gasteiger partial charge in [-0.15, -0.1) is 0 Å². The van der Waals surface area contributed by atoms with Crippen LogP contribution in [0.3, 0.4) is 0 Å². The summed E-state index contributed by atoms with van der Waals surface area (Å²) in [5, 5.41) is 9.12. The molecule has 0 heterocycles. The minimum Gasteiger partial charge on any atom is -0.480 e. The lowest BCUT2D eigenvalue weighted by Gasteiger charge is -2.29. The van der Waals surface area contributed by atoms with Gasteiger partial charge < -0.3 is 14.6 Å². The summed E-state index contributed by atoms with van der Waals surface area (Å²) in [5.41, 5.74) is 0. The van der Waals surface area contributed by atoms with Crippen LogP contribution in [0.5, 0.6) is 0 Å². The topological polar surface area (TPSA) is 59.0 Å². The molecule has 1 unspecified atom stereocenters. The second kappa shape index (κ2) is 8.50. The molecule has 16 heavy (non-hydrogen) atoms. The van der Waals surface area contributed by atoms with E-state index in [0.29, 0.717) is 19.1 Å². The van der Waals surface area contributed by atoms with E-state index in [9.17, 15) is 4.79 Å². The first-order valence-electron chi connectivity index (χ1n) is 5.47. The number of aliphatic carboxylic acids is 1. The van der Waals surface area contributed by atoms with Gasteiger partial charge in [-0.1, -0.05) is 13.8 Å². The number of nitrogens with zero attached hydrogens (tertiary/aromatic N) is 1. The highest BCUT2D eigenvalue weighted by Crippen LogP contribution is 2.06. The Morgan fingerprint density at radius 1 is 1.31 bits per heavy atom. The molecule has 0 aromatic carbocycles. The minimum atomic E-state index is -0.849. The van der Waals surface area contributed by atoms with Crippen molar-refractivity contribution in [3.8, 4) is 0 Å². The first-order valence-corrected chi connectivity index (χ1v) is 5.47. The van der Waals surface area contributed by atoms with E-state index in [-0.39, 0.29) is 6.61 Å². The summed E-state index contributed by atoms with van der Waals surface area (Å²) in [6, 6.07) is -0.595. The van der Waals surface area contributed by atoms with Crippen LogP contribution in [0.15, 0.2) is 0 Å². The lowest BCUT2D eigenvalue weighted by atomic mass is 10.1. The van der Waals surface area contributed by atoms with E-state index in [0.717, 1.165) is 6.54 Å². The average molecular weight is 233 g/mol. The molecule has 0 aromatic rings. The Bertz CT molecular complexity index is 196. The second-order valence-electron chi connectivity index (χ2n) is 4.19. The fraction of sp³-hybridized carbons (Fsp3) is 0.909. The van der Waals surface area contributed by atoms with Crippen molar-refractivity contribution in [1.82, 2.24) is 4.90 Å². The lowest BCUT2D eigenvalue weighted by Crippen LogP contribution is -2.47. The summed E-state index contributed by atoms with van der Waals surface area (Å²) in [6.45, 7) is 6.18. The van der Waals surface area contributed by atoms with E-state index >= 15 is 0 Å². The molecule has 0 radical (unpaired) electrons. The second-order valence-corrected chi connectivity index (χ2v) is 4.19. The molecule has 0 bridgehead atoms. The summed E-state index contributed by atoms with van der Waals surface area (Å²) in [4.78, 5) is 13.0. The van der Waals surface area contributed by atoms with Crippen LogP contribution < -0.4 is 0 Å². The van der Waals surface area contributed by atoms with Gasteiger partial charge in [0, 0.05) is 27.3 Å². The minimum absolute atomic E-state index is 0.200. The van der Waals surface area contributed by atoms with Crippen LogP contribution >= 0.6 is 0 Å².